The Morgan fingerprint density at radius 2 is 1.48 bits per heavy atom. The van der Waals surface area contributed by atoms with Crippen LogP contribution in [0.1, 0.15) is 46.5 Å². The molecular formula is C25H23F3N2O3. The van der Waals surface area contributed by atoms with Gasteiger partial charge in [-0.1, -0.05) is 19.1 Å². The van der Waals surface area contributed by atoms with Gasteiger partial charge in [-0.15, -0.1) is 0 Å². The third-order valence-corrected chi connectivity index (χ3v) is 4.86. The fourth-order valence-electron chi connectivity index (χ4n) is 2.91. The number of carbonyl (C=O) groups is 2. The summed E-state index contributed by atoms with van der Waals surface area (Å²) in [7, 11) is 0. The molecule has 1 atom stereocenters. The average Bonchev–Trinajstić information content (AvgIpc) is 2.79. The van der Waals surface area contributed by atoms with E-state index in [4.69, 9.17) is 4.74 Å². The first-order valence-corrected chi connectivity index (χ1v) is 10.3. The van der Waals surface area contributed by atoms with Crippen molar-refractivity contribution in [1.82, 2.24) is 0 Å². The van der Waals surface area contributed by atoms with Crippen molar-refractivity contribution in [3.63, 3.8) is 0 Å². The fraction of sp³-hybridized carbons (Fsp3) is 0.200. The van der Waals surface area contributed by atoms with Crippen LogP contribution in [-0.2, 0) is 6.18 Å². The lowest BCUT2D eigenvalue weighted by atomic mass is 10.1. The van der Waals surface area contributed by atoms with Crippen LogP contribution in [0, 0.1) is 0 Å². The third kappa shape index (κ3) is 6.58. The van der Waals surface area contributed by atoms with Crippen LogP contribution in [0.4, 0.5) is 24.5 Å². The molecule has 2 N–H and O–H groups in total. The van der Waals surface area contributed by atoms with Gasteiger partial charge in [-0.2, -0.15) is 13.2 Å². The normalized spacial score (nSPS) is 12.0. The Labute approximate surface area is 189 Å². The van der Waals surface area contributed by atoms with Crippen molar-refractivity contribution in [3.05, 3.63) is 89.5 Å². The minimum absolute atomic E-state index is 0.0259. The molecule has 0 fully saturated rings. The number of alkyl halides is 3. The lowest BCUT2D eigenvalue weighted by Crippen LogP contribution is -2.15. The van der Waals surface area contributed by atoms with Gasteiger partial charge in [0.1, 0.15) is 5.75 Å². The van der Waals surface area contributed by atoms with E-state index < -0.39 is 17.6 Å². The number of benzene rings is 3. The van der Waals surface area contributed by atoms with Gasteiger partial charge < -0.3 is 15.4 Å². The number of amides is 2. The summed E-state index contributed by atoms with van der Waals surface area (Å²) >= 11 is 0. The number of ether oxygens (including phenoxy) is 1. The van der Waals surface area contributed by atoms with E-state index >= 15 is 0 Å². The predicted molar refractivity (Wildman–Crippen MR) is 121 cm³/mol. The van der Waals surface area contributed by atoms with Crippen LogP contribution in [0.15, 0.2) is 72.8 Å². The van der Waals surface area contributed by atoms with Gasteiger partial charge >= 0.3 is 6.18 Å². The van der Waals surface area contributed by atoms with Gasteiger partial charge in [0.05, 0.1) is 11.7 Å². The molecule has 0 aliphatic rings. The average molecular weight is 456 g/mol. The highest BCUT2D eigenvalue weighted by molar-refractivity contribution is 6.06. The van der Waals surface area contributed by atoms with Gasteiger partial charge in [0.25, 0.3) is 11.8 Å². The van der Waals surface area contributed by atoms with Gasteiger partial charge in [-0.25, -0.2) is 0 Å². The molecule has 8 heteroatoms. The fourth-order valence-corrected chi connectivity index (χ4v) is 2.91. The van der Waals surface area contributed by atoms with Crippen molar-refractivity contribution < 1.29 is 27.5 Å². The first-order valence-electron chi connectivity index (χ1n) is 10.3. The van der Waals surface area contributed by atoms with Crippen molar-refractivity contribution in [3.8, 4) is 5.75 Å². The topological polar surface area (TPSA) is 67.4 Å². The molecule has 0 saturated carbocycles. The van der Waals surface area contributed by atoms with Crippen molar-refractivity contribution in [2.75, 3.05) is 10.6 Å². The molecule has 3 aromatic rings. The SMILES string of the molecule is CCC(C)Oc1cccc(C(=O)Nc2ccc(C(=O)Nc3cccc(C(F)(F)F)c3)cc2)c1. The highest BCUT2D eigenvalue weighted by atomic mass is 19.4. The molecule has 0 radical (unpaired) electrons. The summed E-state index contributed by atoms with van der Waals surface area (Å²) < 4.78 is 44.3. The number of rotatable bonds is 7. The van der Waals surface area contributed by atoms with E-state index in [1.807, 2.05) is 13.8 Å². The first-order chi connectivity index (χ1) is 15.7. The van der Waals surface area contributed by atoms with E-state index in [0.29, 0.717) is 17.0 Å². The first kappa shape index (κ1) is 23.8. The van der Waals surface area contributed by atoms with Gasteiger partial charge in [-0.3, -0.25) is 9.59 Å². The van der Waals surface area contributed by atoms with Crippen LogP contribution in [-0.4, -0.2) is 17.9 Å². The molecule has 3 rings (SSSR count). The van der Waals surface area contributed by atoms with Crippen LogP contribution in [0.5, 0.6) is 5.75 Å². The molecular weight excluding hydrogens is 433 g/mol. The zero-order chi connectivity index (χ0) is 24.0. The monoisotopic (exact) mass is 456 g/mol. The highest BCUT2D eigenvalue weighted by Crippen LogP contribution is 2.30. The minimum atomic E-state index is -4.50. The van der Waals surface area contributed by atoms with Crippen molar-refractivity contribution in [2.24, 2.45) is 0 Å². The standard InChI is InChI=1S/C25H23F3N2O3/c1-3-16(2)33-22-9-4-6-18(14-22)24(32)29-20-12-10-17(11-13-20)23(31)30-21-8-5-7-19(15-21)25(26,27)28/h4-16H,3H2,1-2H3,(H,29,32)(H,30,31). The predicted octanol–water partition coefficient (Wildman–Crippen LogP) is 6.39. The number of nitrogens with one attached hydrogen (secondary N) is 2. The van der Waals surface area contributed by atoms with Crippen LogP contribution < -0.4 is 15.4 Å². The number of hydrogen-bond donors (Lipinski definition) is 2. The Morgan fingerprint density at radius 3 is 2.15 bits per heavy atom. The van der Waals surface area contributed by atoms with Crippen molar-refractivity contribution in [1.29, 1.82) is 0 Å². The maximum atomic E-state index is 12.8. The van der Waals surface area contributed by atoms with Gasteiger partial charge in [0.15, 0.2) is 0 Å². The summed E-state index contributed by atoms with van der Waals surface area (Å²) in [5.74, 6) is -0.313. The Balaban J connectivity index is 1.64. The molecule has 5 nitrogen and oxygen atoms in total. The lowest BCUT2D eigenvalue weighted by Gasteiger charge is -2.13. The molecule has 172 valence electrons. The van der Waals surface area contributed by atoms with Crippen molar-refractivity contribution >= 4 is 23.2 Å². The molecule has 2 amide bonds. The molecule has 0 saturated heterocycles. The van der Waals surface area contributed by atoms with E-state index in [-0.39, 0.29) is 23.3 Å². The van der Waals surface area contributed by atoms with Gasteiger partial charge in [-0.05, 0) is 74.0 Å². The third-order valence-electron chi connectivity index (χ3n) is 4.86. The van der Waals surface area contributed by atoms with Crippen LogP contribution >= 0.6 is 0 Å². The number of hydrogen-bond acceptors (Lipinski definition) is 3. The second-order valence-corrected chi connectivity index (χ2v) is 7.43. The summed E-state index contributed by atoms with van der Waals surface area (Å²) in [6.45, 7) is 3.95. The van der Waals surface area contributed by atoms with Crippen molar-refractivity contribution in [2.45, 2.75) is 32.5 Å². The molecule has 0 spiro atoms. The Bertz CT molecular complexity index is 1130. The van der Waals surface area contributed by atoms with Gasteiger partial charge in [0.2, 0.25) is 0 Å². The Kier molecular flexibility index (Phi) is 7.37. The molecule has 33 heavy (non-hydrogen) atoms. The molecule has 0 aromatic heterocycles. The highest BCUT2D eigenvalue weighted by Gasteiger charge is 2.30. The zero-order valence-corrected chi connectivity index (χ0v) is 18.1. The summed E-state index contributed by atoms with van der Waals surface area (Å²) in [6, 6.07) is 17.2. The molecule has 0 heterocycles. The number of halogens is 3. The lowest BCUT2D eigenvalue weighted by molar-refractivity contribution is -0.137. The summed E-state index contributed by atoms with van der Waals surface area (Å²) in [4.78, 5) is 24.9. The largest absolute Gasteiger partial charge is 0.491 e. The van der Waals surface area contributed by atoms with E-state index in [2.05, 4.69) is 10.6 Å². The molecule has 0 aliphatic carbocycles. The second kappa shape index (κ2) is 10.2. The molecule has 0 aliphatic heterocycles. The van der Waals surface area contributed by atoms with Crippen LogP contribution in [0.3, 0.4) is 0 Å². The maximum Gasteiger partial charge on any atom is 0.416 e. The maximum absolute atomic E-state index is 12.8. The minimum Gasteiger partial charge on any atom is -0.491 e. The smallest absolute Gasteiger partial charge is 0.416 e. The molecule has 1 unspecified atom stereocenters. The summed E-state index contributed by atoms with van der Waals surface area (Å²) in [6.07, 6.45) is -3.64. The summed E-state index contributed by atoms with van der Waals surface area (Å²) in [5.41, 5.74) is 0.295. The second-order valence-electron chi connectivity index (χ2n) is 7.43. The van der Waals surface area contributed by atoms with Crippen LogP contribution in [0.25, 0.3) is 0 Å². The van der Waals surface area contributed by atoms with E-state index in [0.717, 1.165) is 18.6 Å². The van der Waals surface area contributed by atoms with E-state index in [1.165, 1.54) is 24.3 Å². The van der Waals surface area contributed by atoms with Crippen LogP contribution in [0.2, 0.25) is 0 Å². The zero-order valence-electron chi connectivity index (χ0n) is 18.1. The van der Waals surface area contributed by atoms with E-state index in [9.17, 15) is 22.8 Å². The molecule has 0 bridgehead atoms. The van der Waals surface area contributed by atoms with Gasteiger partial charge in [0, 0.05) is 22.5 Å². The number of carbonyl (C=O) groups excluding carboxylic acids is 2. The molecule has 3 aromatic carbocycles. The summed E-state index contributed by atoms with van der Waals surface area (Å²) in [5, 5.41) is 5.18. The quantitative estimate of drug-likeness (QED) is 0.433. The Hall–Kier alpha value is -3.81. The number of anilines is 2. The van der Waals surface area contributed by atoms with E-state index in [1.54, 1.807) is 36.4 Å². The Morgan fingerprint density at radius 1 is 0.848 bits per heavy atom.